The first-order chi connectivity index (χ1) is 14.1. The summed E-state index contributed by atoms with van der Waals surface area (Å²) in [5, 5.41) is 11.8. The smallest absolute Gasteiger partial charge is 0.337 e. The van der Waals surface area contributed by atoms with Gasteiger partial charge in [-0.3, -0.25) is 4.79 Å². The average Bonchev–Trinajstić information content (AvgIpc) is 2.77. The fourth-order valence-electron chi connectivity index (χ4n) is 2.67. The van der Waals surface area contributed by atoms with Gasteiger partial charge in [-0.05, 0) is 48.0 Å². The first-order valence-electron chi connectivity index (χ1n) is 8.80. The molecule has 0 heterocycles. The molecule has 29 heavy (non-hydrogen) atoms. The van der Waals surface area contributed by atoms with Gasteiger partial charge in [0.25, 0.3) is 5.91 Å². The van der Waals surface area contributed by atoms with E-state index in [1.807, 2.05) is 6.07 Å². The van der Waals surface area contributed by atoms with Crippen LogP contribution in [0, 0.1) is 11.3 Å². The fourth-order valence-corrected chi connectivity index (χ4v) is 2.67. The minimum Gasteiger partial charge on any atom is -0.489 e. The van der Waals surface area contributed by atoms with Crippen LogP contribution in [0.2, 0.25) is 0 Å². The molecule has 0 aliphatic carbocycles. The van der Waals surface area contributed by atoms with E-state index in [0.29, 0.717) is 34.7 Å². The quantitative estimate of drug-likeness (QED) is 0.642. The van der Waals surface area contributed by atoms with Gasteiger partial charge in [-0.25, -0.2) is 4.79 Å². The molecule has 0 fully saturated rings. The number of benzene rings is 3. The maximum Gasteiger partial charge on any atom is 0.337 e. The maximum absolute atomic E-state index is 12.5. The Hall–Kier alpha value is -4.11. The van der Waals surface area contributed by atoms with Gasteiger partial charge in [0.1, 0.15) is 12.4 Å². The minimum absolute atomic E-state index is 0.300. The highest BCUT2D eigenvalue weighted by Gasteiger charge is 2.11. The molecule has 1 N–H and O–H groups in total. The van der Waals surface area contributed by atoms with Crippen molar-refractivity contribution in [3.63, 3.8) is 0 Å². The second-order valence-corrected chi connectivity index (χ2v) is 6.16. The summed E-state index contributed by atoms with van der Waals surface area (Å²) in [5.41, 5.74) is 2.64. The van der Waals surface area contributed by atoms with Crippen molar-refractivity contribution in [2.45, 2.75) is 6.61 Å². The second kappa shape index (κ2) is 9.20. The van der Waals surface area contributed by atoms with Crippen LogP contribution >= 0.6 is 0 Å². The molecule has 0 radical (unpaired) electrons. The Morgan fingerprint density at radius 1 is 0.966 bits per heavy atom. The van der Waals surface area contributed by atoms with Crippen LogP contribution in [0.25, 0.3) is 0 Å². The van der Waals surface area contributed by atoms with E-state index in [4.69, 9.17) is 10.00 Å². The zero-order valence-corrected chi connectivity index (χ0v) is 15.7. The molecule has 144 valence electrons. The lowest BCUT2D eigenvalue weighted by Crippen LogP contribution is -2.13. The van der Waals surface area contributed by atoms with Crippen molar-refractivity contribution in [1.29, 1.82) is 5.26 Å². The molecule has 0 saturated carbocycles. The third-order valence-corrected chi connectivity index (χ3v) is 4.10. The van der Waals surface area contributed by atoms with Crippen molar-refractivity contribution in [2.75, 3.05) is 12.4 Å². The molecule has 0 bridgehead atoms. The lowest BCUT2D eigenvalue weighted by molar-refractivity contribution is 0.0600. The Kier molecular flexibility index (Phi) is 6.23. The maximum atomic E-state index is 12.5. The van der Waals surface area contributed by atoms with E-state index in [9.17, 15) is 9.59 Å². The van der Waals surface area contributed by atoms with Crippen molar-refractivity contribution < 1.29 is 19.1 Å². The van der Waals surface area contributed by atoms with Crippen LogP contribution in [0.3, 0.4) is 0 Å². The van der Waals surface area contributed by atoms with E-state index in [-0.39, 0.29) is 5.91 Å². The number of nitrogens with one attached hydrogen (secondary N) is 1. The normalized spacial score (nSPS) is 9.93. The number of carbonyl (C=O) groups is 2. The monoisotopic (exact) mass is 386 g/mol. The Morgan fingerprint density at radius 3 is 2.52 bits per heavy atom. The number of methoxy groups -OCH3 is 1. The summed E-state index contributed by atoms with van der Waals surface area (Å²) in [4.78, 5) is 24.1. The van der Waals surface area contributed by atoms with Gasteiger partial charge >= 0.3 is 5.97 Å². The summed E-state index contributed by atoms with van der Waals surface area (Å²) in [7, 11) is 1.29. The molecule has 1 amide bonds. The summed E-state index contributed by atoms with van der Waals surface area (Å²) in [6.45, 7) is 0.300. The summed E-state index contributed by atoms with van der Waals surface area (Å²) in [6.07, 6.45) is 0. The Balaban J connectivity index is 1.67. The van der Waals surface area contributed by atoms with Gasteiger partial charge in [0.2, 0.25) is 0 Å². The highest BCUT2D eigenvalue weighted by atomic mass is 16.5. The average molecular weight is 386 g/mol. The Labute approximate surface area is 168 Å². The summed E-state index contributed by atoms with van der Waals surface area (Å²) < 4.78 is 10.4. The predicted molar refractivity (Wildman–Crippen MR) is 108 cm³/mol. The molecule has 3 aromatic carbocycles. The van der Waals surface area contributed by atoms with Crippen LogP contribution in [0.4, 0.5) is 5.69 Å². The van der Waals surface area contributed by atoms with Gasteiger partial charge < -0.3 is 14.8 Å². The van der Waals surface area contributed by atoms with E-state index in [0.717, 1.165) is 5.56 Å². The van der Waals surface area contributed by atoms with E-state index in [1.54, 1.807) is 60.7 Å². The number of rotatable bonds is 6. The molecule has 3 rings (SSSR count). The van der Waals surface area contributed by atoms with Gasteiger partial charge in [0, 0.05) is 17.3 Å². The molecule has 0 saturated heterocycles. The van der Waals surface area contributed by atoms with Crippen LogP contribution in [0.5, 0.6) is 5.75 Å². The fraction of sp³-hybridized carbons (Fsp3) is 0.0870. The van der Waals surface area contributed by atoms with Crippen molar-refractivity contribution in [3.8, 4) is 11.8 Å². The summed E-state index contributed by atoms with van der Waals surface area (Å²) in [5.74, 6) is -0.279. The van der Waals surface area contributed by atoms with Crippen LogP contribution < -0.4 is 10.1 Å². The van der Waals surface area contributed by atoms with Gasteiger partial charge in [-0.15, -0.1) is 0 Å². The van der Waals surface area contributed by atoms with Crippen LogP contribution in [-0.4, -0.2) is 19.0 Å². The van der Waals surface area contributed by atoms with Gasteiger partial charge in [-0.1, -0.05) is 24.3 Å². The molecule has 0 spiro atoms. The SMILES string of the molecule is COC(=O)c1cccc(C(=O)Nc2cccc(OCc3cccc(C#N)c3)c2)c1. The zero-order valence-electron chi connectivity index (χ0n) is 15.7. The Bertz CT molecular complexity index is 1090. The van der Waals surface area contributed by atoms with Crippen molar-refractivity contribution in [1.82, 2.24) is 0 Å². The predicted octanol–water partition coefficient (Wildman–Crippen LogP) is 4.18. The molecule has 0 aliphatic rings. The topological polar surface area (TPSA) is 88.4 Å². The minimum atomic E-state index is -0.504. The molecular weight excluding hydrogens is 368 g/mol. The first kappa shape index (κ1) is 19.6. The van der Waals surface area contributed by atoms with E-state index in [1.165, 1.54) is 13.2 Å². The van der Waals surface area contributed by atoms with Crippen molar-refractivity contribution in [2.24, 2.45) is 0 Å². The molecule has 0 aromatic heterocycles. The van der Waals surface area contributed by atoms with Crippen molar-refractivity contribution >= 4 is 17.6 Å². The first-order valence-corrected chi connectivity index (χ1v) is 8.80. The molecule has 3 aromatic rings. The standard InChI is InChI=1S/C23H18N2O4/c1-28-23(27)19-8-3-7-18(12-19)22(26)25-20-9-4-10-21(13-20)29-15-17-6-2-5-16(11-17)14-24/h2-13H,15H2,1H3,(H,25,26). The van der Waals surface area contributed by atoms with E-state index in [2.05, 4.69) is 16.1 Å². The number of anilines is 1. The Morgan fingerprint density at radius 2 is 1.72 bits per heavy atom. The largest absolute Gasteiger partial charge is 0.489 e. The number of hydrogen-bond acceptors (Lipinski definition) is 5. The number of carbonyl (C=O) groups excluding carboxylic acids is 2. The highest BCUT2D eigenvalue weighted by Crippen LogP contribution is 2.20. The highest BCUT2D eigenvalue weighted by molar-refractivity contribution is 6.05. The number of esters is 1. The van der Waals surface area contributed by atoms with Crippen LogP contribution in [0.15, 0.2) is 72.8 Å². The second-order valence-electron chi connectivity index (χ2n) is 6.16. The van der Waals surface area contributed by atoms with E-state index >= 15 is 0 Å². The number of ether oxygens (including phenoxy) is 2. The van der Waals surface area contributed by atoms with Crippen LogP contribution in [0.1, 0.15) is 31.8 Å². The van der Waals surface area contributed by atoms with Crippen LogP contribution in [-0.2, 0) is 11.3 Å². The summed E-state index contributed by atoms with van der Waals surface area (Å²) >= 11 is 0. The lowest BCUT2D eigenvalue weighted by Gasteiger charge is -2.10. The van der Waals surface area contributed by atoms with Gasteiger partial charge in [-0.2, -0.15) is 5.26 Å². The number of nitrogens with zero attached hydrogens (tertiary/aromatic N) is 1. The van der Waals surface area contributed by atoms with Crippen molar-refractivity contribution in [3.05, 3.63) is 95.1 Å². The molecular formula is C23H18N2O4. The number of hydrogen-bond donors (Lipinski definition) is 1. The molecule has 0 aliphatic heterocycles. The number of amides is 1. The van der Waals surface area contributed by atoms with Gasteiger partial charge in [0.15, 0.2) is 0 Å². The zero-order chi connectivity index (χ0) is 20.6. The molecule has 0 atom stereocenters. The molecule has 6 nitrogen and oxygen atoms in total. The number of nitriles is 1. The summed E-state index contributed by atoms with van der Waals surface area (Å²) in [6, 6.07) is 22.6. The lowest BCUT2D eigenvalue weighted by atomic mass is 10.1. The van der Waals surface area contributed by atoms with E-state index < -0.39 is 5.97 Å². The molecule has 6 heteroatoms. The third-order valence-electron chi connectivity index (χ3n) is 4.10. The third kappa shape index (κ3) is 5.21. The van der Waals surface area contributed by atoms with Gasteiger partial charge in [0.05, 0.1) is 24.3 Å². The molecule has 0 unspecified atom stereocenters.